The summed E-state index contributed by atoms with van der Waals surface area (Å²) in [6, 6.07) is 72.3. The van der Waals surface area contributed by atoms with Gasteiger partial charge in [0.05, 0.1) is 0 Å². The molecule has 0 fully saturated rings. The molecule has 0 N–H and O–H groups in total. The van der Waals surface area contributed by atoms with Crippen molar-refractivity contribution in [3.8, 4) is 33.4 Å². The average Bonchev–Trinajstić information content (AvgIpc) is 3.82. The van der Waals surface area contributed by atoms with Gasteiger partial charge in [0.1, 0.15) is 11.2 Å². The fourth-order valence-electron chi connectivity index (χ4n) is 8.08. The first kappa shape index (κ1) is 31.6. The maximum atomic E-state index is 6.37. The van der Waals surface area contributed by atoms with E-state index in [1.54, 1.807) is 0 Å². The summed E-state index contributed by atoms with van der Waals surface area (Å²) in [7, 11) is 0. The Balaban J connectivity index is 0.969. The van der Waals surface area contributed by atoms with E-state index in [0.29, 0.717) is 0 Å². The number of thiophene rings is 1. The van der Waals surface area contributed by atoms with Gasteiger partial charge in [-0.25, -0.2) is 0 Å². The minimum absolute atomic E-state index is 0.879. The lowest BCUT2D eigenvalue weighted by Crippen LogP contribution is -2.09. The average molecular weight is 720 g/mol. The second kappa shape index (κ2) is 12.9. The molecule has 11 aromatic rings. The zero-order chi connectivity index (χ0) is 36.3. The Morgan fingerprint density at radius 3 is 1.64 bits per heavy atom. The molecule has 9 aromatic carbocycles. The molecule has 0 saturated heterocycles. The molecular formula is C52H33NOS. The number of nitrogens with zero attached hydrogens (tertiary/aromatic N) is 1. The van der Waals surface area contributed by atoms with E-state index in [4.69, 9.17) is 4.42 Å². The van der Waals surface area contributed by atoms with E-state index in [1.807, 2.05) is 23.5 Å². The number of rotatable bonds is 6. The zero-order valence-corrected chi connectivity index (χ0v) is 30.6. The van der Waals surface area contributed by atoms with Crippen LogP contribution in [0, 0.1) is 0 Å². The van der Waals surface area contributed by atoms with Crippen LogP contribution in [0.3, 0.4) is 0 Å². The van der Waals surface area contributed by atoms with E-state index in [2.05, 4.69) is 193 Å². The molecule has 0 aliphatic carbocycles. The monoisotopic (exact) mass is 719 g/mol. The molecule has 2 nitrogen and oxygen atoms in total. The Hall–Kier alpha value is -6.94. The van der Waals surface area contributed by atoms with Gasteiger partial charge in [-0.2, -0.15) is 0 Å². The maximum absolute atomic E-state index is 6.37. The molecule has 3 heteroatoms. The van der Waals surface area contributed by atoms with Gasteiger partial charge in [-0.3, -0.25) is 0 Å². The largest absolute Gasteiger partial charge is 0.456 e. The third-order valence-corrected chi connectivity index (χ3v) is 12.0. The standard InChI is InChI=1S/C52H33NOS/c1-2-10-36-30-41(20-19-34(36)9-1)40-14-8-13-39(31-40)38-12-7-11-37(29-38)35-21-23-42(24-22-35)53(43-25-27-46-45-15-3-5-17-49(45)54-50(46)32-43)44-26-28-48-47-16-4-6-18-51(47)55-52(48)33-44/h1-33H. The van der Waals surface area contributed by atoms with E-state index in [9.17, 15) is 0 Å². The molecule has 0 aliphatic rings. The molecule has 0 aliphatic heterocycles. The second-order valence-electron chi connectivity index (χ2n) is 14.2. The van der Waals surface area contributed by atoms with Crippen molar-refractivity contribution in [2.45, 2.75) is 0 Å². The number of hydrogen-bond acceptors (Lipinski definition) is 3. The van der Waals surface area contributed by atoms with Crippen molar-refractivity contribution in [1.29, 1.82) is 0 Å². The molecule has 0 spiro atoms. The molecule has 55 heavy (non-hydrogen) atoms. The highest BCUT2D eigenvalue weighted by molar-refractivity contribution is 7.25. The van der Waals surface area contributed by atoms with Gasteiger partial charge in [0, 0.05) is 54.1 Å². The van der Waals surface area contributed by atoms with Gasteiger partial charge in [-0.05, 0) is 111 Å². The van der Waals surface area contributed by atoms with Crippen molar-refractivity contribution < 1.29 is 4.42 Å². The number of para-hydroxylation sites is 1. The molecule has 0 amide bonds. The first-order valence-electron chi connectivity index (χ1n) is 18.6. The van der Waals surface area contributed by atoms with Crippen molar-refractivity contribution in [3.05, 3.63) is 200 Å². The molecule has 258 valence electrons. The lowest BCUT2D eigenvalue weighted by Gasteiger charge is -2.26. The highest BCUT2D eigenvalue weighted by Crippen LogP contribution is 2.43. The zero-order valence-electron chi connectivity index (χ0n) is 29.8. The predicted octanol–water partition coefficient (Wildman–Crippen LogP) is 15.6. The minimum atomic E-state index is 0.879. The van der Waals surface area contributed by atoms with Crippen molar-refractivity contribution in [3.63, 3.8) is 0 Å². The van der Waals surface area contributed by atoms with Crippen LogP contribution in [0.2, 0.25) is 0 Å². The fraction of sp³-hybridized carbons (Fsp3) is 0. The minimum Gasteiger partial charge on any atom is -0.456 e. The quantitative estimate of drug-likeness (QED) is 0.170. The summed E-state index contributed by atoms with van der Waals surface area (Å²) in [5.41, 5.74) is 12.2. The Kier molecular flexibility index (Phi) is 7.39. The van der Waals surface area contributed by atoms with Crippen LogP contribution in [0.1, 0.15) is 0 Å². The van der Waals surface area contributed by atoms with E-state index < -0.39 is 0 Å². The molecule has 0 radical (unpaired) electrons. The second-order valence-corrected chi connectivity index (χ2v) is 15.2. The third-order valence-electron chi connectivity index (χ3n) is 10.8. The summed E-state index contributed by atoms with van der Waals surface area (Å²) in [4.78, 5) is 2.34. The topological polar surface area (TPSA) is 16.4 Å². The highest BCUT2D eigenvalue weighted by atomic mass is 32.1. The van der Waals surface area contributed by atoms with Crippen molar-refractivity contribution in [1.82, 2.24) is 0 Å². The summed E-state index contributed by atoms with van der Waals surface area (Å²) in [5.74, 6) is 0. The summed E-state index contributed by atoms with van der Waals surface area (Å²) in [6.07, 6.45) is 0. The number of furan rings is 1. The van der Waals surface area contributed by atoms with Gasteiger partial charge in [0.25, 0.3) is 0 Å². The normalized spacial score (nSPS) is 11.6. The Morgan fingerprint density at radius 1 is 0.309 bits per heavy atom. The van der Waals surface area contributed by atoms with E-state index in [1.165, 1.54) is 64.3 Å². The SMILES string of the molecule is c1cc(-c2ccc(N(c3ccc4c(c3)oc3ccccc34)c3ccc4c(c3)sc3ccccc34)cc2)cc(-c2cccc(-c3ccc4ccccc4c3)c2)c1. The van der Waals surface area contributed by atoms with Crippen LogP contribution in [-0.4, -0.2) is 0 Å². The van der Waals surface area contributed by atoms with Crippen LogP contribution in [0.25, 0.3) is 86.3 Å². The van der Waals surface area contributed by atoms with E-state index in [-0.39, 0.29) is 0 Å². The maximum Gasteiger partial charge on any atom is 0.137 e. The Labute approximate surface area is 322 Å². The van der Waals surface area contributed by atoms with Gasteiger partial charge >= 0.3 is 0 Å². The van der Waals surface area contributed by atoms with Crippen molar-refractivity contribution in [2.75, 3.05) is 4.90 Å². The van der Waals surface area contributed by atoms with E-state index in [0.717, 1.165) is 39.0 Å². The molecule has 0 bridgehead atoms. The van der Waals surface area contributed by atoms with Crippen LogP contribution >= 0.6 is 11.3 Å². The number of benzene rings is 9. The van der Waals surface area contributed by atoms with Crippen molar-refractivity contribution in [2.24, 2.45) is 0 Å². The lowest BCUT2D eigenvalue weighted by atomic mass is 9.95. The first-order chi connectivity index (χ1) is 27.2. The highest BCUT2D eigenvalue weighted by Gasteiger charge is 2.17. The fourth-order valence-corrected chi connectivity index (χ4v) is 9.22. The Morgan fingerprint density at radius 2 is 0.855 bits per heavy atom. The number of fused-ring (bicyclic) bond motifs is 7. The van der Waals surface area contributed by atoms with Crippen LogP contribution in [0.5, 0.6) is 0 Å². The summed E-state index contributed by atoms with van der Waals surface area (Å²) in [5, 5.41) is 7.36. The molecule has 2 aromatic heterocycles. The van der Waals surface area contributed by atoms with Gasteiger partial charge in [0.2, 0.25) is 0 Å². The van der Waals surface area contributed by atoms with E-state index >= 15 is 0 Å². The molecule has 0 atom stereocenters. The van der Waals surface area contributed by atoms with Gasteiger partial charge in [0.15, 0.2) is 0 Å². The van der Waals surface area contributed by atoms with Gasteiger partial charge in [-0.1, -0.05) is 127 Å². The molecule has 2 heterocycles. The summed E-state index contributed by atoms with van der Waals surface area (Å²) in [6.45, 7) is 0. The third kappa shape index (κ3) is 5.56. The van der Waals surface area contributed by atoms with Crippen LogP contribution in [0.4, 0.5) is 17.1 Å². The van der Waals surface area contributed by atoms with Gasteiger partial charge < -0.3 is 9.32 Å². The van der Waals surface area contributed by atoms with Crippen molar-refractivity contribution >= 4 is 81.3 Å². The first-order valence-corrected chi connectivity index (χ1v) is 19.5. The van der Waals surface area contributed by atoms with Crippen LogP contribution < -0.4 is 4.90 Å². The Bertz CT molecular complexity index is 3110. The smallest absolute Gasteiger partial charge is 0.137 e. The summed E-state index contributed by atoms with van der Waals surface area (Å²) < 4.78 is 8.95. The van der Waals surface area contributed by atoms with Crippen LogP contribution in [0.15, 0.2) is 205 Å². The molecule has 0 saturated carbocycles. The molecule has 0 unspecified atom stereocenters. The van der Waals surface area contributed by atoms with Crippen LogP contribution in [-0.2, 0) is 0 Å². The molecular weight excluding hydrogens is 687 g/mol. The summed E-state index contributed by atoms with van der Waals surface area (Å²) >= 11 is 1.84. The van der Waals surface area contributed by atoms with Gasteiger partial charge in [-0.15, -0.1) is 11.3 Å². The lowest BCUT2D eigenvalue weighted by molar-refractivity contribution is 0.669. The number of anilines is 3. The predicted molar refractivity (Wildman–Crippen MR) is 235 cm³/mol. The molecule has 11 rings (SSSR count). The number of hydrogen-bond donors (Lipinski definition) is 0.